The Morgan fingerprint density at radius 2 is 1.93 bits per heavy atom. The Morgan fingerprint density at radius 3 is 2.36 bits per heavy atom. The van der Waals surface area contributed by atoms with Gasteiger partial charge in [-0.3, -0.25) is 4.79 Å². The number of nitrogens with two attached hydrogens (primary N) is 1. The third-order valence-corrected chi connectivity index (χ3v) is 2.04. The summed E-state index contributed by atoms with van der Waals surface area (Å²) in [5, 5.41) is 0. The van der Waals surface area contributed by atoms with Gasteiger partial charge in [0.25, 0.3) is 0 Å². The highest BCUT2D eigenvalue weighted by Gasteiger charge is 2.01. The van der Waals surface area contributed by atoms with Gasteiger partial charge in [-0.25, -0.2) is 0 Å². The fourth-order valence-corrected chi connectivity index (χ4v) is 1.04. The first kappa shape index (κ1) is 12.7. The predicted molar refractivity (Wildman–Crippen MR) is 60.8 cm³/mol. The minimum atomic E-state index is -0.458. The molecule has 0 aromatic rings. The van der Waals surface area contributed by atoms with Crippen LogP contribution in [0.25, 0.3) is 0 Å². The number of hydrogen-bond donors (Lipinski definition) is 1. The van der Waals surface area contributed by atoms with Crippen molar-refractivity contribution in [3.8, 4) is 0 Å². The number of carbonyl (C=O) groups is 1. The molecule has 0 aromatic carbocycles. The summed E-state index contributed by atoms with van der Waals surface area (Å²) >= 11 is 0. The van der Waals surface area contributed by atoms with E-state index < -0.39 is 5.91 Å². The standard InChI is InChI=1S/C12H19NO/c1-5-6-9(2)7-8-10(3)11(4)12(13)14/h7-8H,4-6H2,1-3H3,(H2,13,14)/b9-7-,10-8-. The van der Waals surface area contributed by atoms with E-state index in [4.69, 9.17) is 5.73 Å². The zero-order valence-corrected chi connectivity index (χ0v) is 9.26. The normalized spacial score (nSPS) is 12.8. The molecule has 0 saturated heterocycles. The topological polar surface area (TPSA) is 43.1 Å². The summed E-state index contributed by atoms with van der Waals surface area (Å²) in [6.45, 7) is 9.65. The SMILES string of the molecule is C=C(C(N)=O)/C(C)=C\C=C(\C)CCC. The molecule has 0 aliphatic heterocycles. The molecule has 0 radical (unpaired) electrons. The summed E-state index contributed by atoms with van der Waals surface area (Å²) < 4.78 is 0. The molecule has 0 atom stereocenters. The molecule has 0 spiro atoms. The van der Waals surface area contributed by atoms with E-state index in [1.807, 2.05) is 19.1 Å². The summed E-state index contributed by atoms with van der Waals surface area (Å²) in [7, 11) is 0. The van der Waals surface area contributed by atoms with E-state index in [0.29, 0.717) is 5.57 Å². The first-order valence-corrected chi connectivity index (χ1v) is 4.82. The van der Waals surface area contributed by atoms with Crippen LogP contribution in [-0.2, 0) is 4.79 Å². The van der Waals surface area contributed by atoms with E-state index in [-0.39, 0.29) is 0 Å². The van der Waals surface area contributed by atoms with Crippen LogP contribution in [0.3, 0.4) is 0 Å². The van der Waals surface area contributed by atoms with Crippen molar-refractivity contribution in [1.82, 2.24) is 0 Å². The van der Waals surface area contributed by atoms with Crippen LogP contribution in [0.2, 0.25) is 0 Å². The third kappa shape index (κ3) is 4.65. The fourth-order valence-electron chi connectivity index (χ4n) is 1.04. The zero-order chi connectivity index (χ0) is 11.1. The summed E-state index contributed by atoms with van der Waals surface area (Å²) in [6, 6.07) is 0. The maximum absolute atomic E-state index is 10.8. The highest BCUT2D eigenvalue weighted by molar-refractivity contribution is 5.95. The maximum Gasteiger partial charge on any atom is 0.248 e. The first-order valence-electron chi connectivity index (χ1n) is 4.82. The van der Waals surface area contributed by atoms with Crippen LogP contribution < -0.4 is 5.73 Å². The summed E-state index contributed by atoms with van der Waals surface area (Å²) in [5.41, 5.74) is 7.60. The van der Waals surface area contributed by atoms with Gasteiger partial charge in [-0.15, -0.1) is 0 Å². The Hall–Kier alpha value is -1.31. The van der Waals surface area contributed by atoms with E-state index in [1.54, 1.807) is 0 Å². The Balaban J connectivity index is 4.46. The molecular weight excluding hydrogens is 174 g/mol. The number of carbonyl (C=O) groups excluding carboxylic acids is 1. The van der Waals surface area contributed by atoms with Gasteiger partial charge in [0.15, 0.2) is 0 Å². The molecule has 2 nitrogen and oxygen atoms in total. The molecule has 14 heavy (non-hydrogen) atoms. The molecule has 0 aromatic heterocycles. The van der Waals surface area contributed by atoms with Crippen LogP contribution in [0.5, 0.6) is 0 Å². The lowest BCUT2D eigenvalue weighted by atomic mass is 10.1. The molecule has 0 aliphatic carbocycles. The van der Waals surface area contributed by atoms with Gasteiger partial charge < -0.3 is 5.73 Å². The zero-order valence-electron chi connectivity index (χ0n) is 9.26. The molecule has 1 amide bonds. The molecule has 0 bridgehead atoms. The molecular formula is C12H19NO. The highest BCUT2D eigenvalue weighted by Crippen LogP contribution is 2.09. The van der Waals surface area contributed by atoms with Gasteiger partial charge in [0.05, 0.1) is 0 Å². The number of primary amides is 1. The average Bonchev–Trinajstić information content (AvgIpc) is 2.13. The molecule has 0 aliphatic rings. The lowest BCUT2D eigenvalue weighted by Gasteiger charge is -2.00. The minimum absolute atomic E-state index is 0.380. The van der Waals surface area contributed by atoms with Crippen LogP contribution in [-0.4, -0.2) is 5.91 Å². The second kappa shape index (κ2) is 6.19. The molecule has 2 heteroatoms. The van der Waals surface area contributed by atoms with Gasteiger partial charge in [0.2, 0.25) is 5.91 Å². The lowest BCUT2D eigenvalue weighted by Crippen LogP contribution is -2.13. The Labute approximate surface area is 86.2 Å². The van der Waals surface area contributed by atoms with Crippen molar-refractivity contribution in [2.24, 2.45) is 5.73 Å². The fraction of sp³-hybridized carbons (Fsp3) is 0.417. The Kier molecular flexibility index (Phi) is 5.61. The molecule has 0 heterocycles. The molecule has 78 valence electrons. The summed E-state index contributed by atoms with van der Waals surface area (Å²) in [5.74, 6) is -0.458. The molecule has 0 saturated carbocycles. The Bertz CT molecular complexity index is 285. The van der Waals surface area contributed by atoms with Crippen LogP contribution in [0.4, 0.5) is 0 Å². The minimum Gasteiger partial charge on any atom is -0.366 e. The van der Waals surface area contributed by atoms with E-state index in [2.05, 4.69) is 20.4 Å². The first-order chi connectivity index (χ1) is 6.49. The van der Waals surface area contributed by atoms with Crippen molar-refractivity contribution < 1.29 is 4.79 Å². The Morgan fingerprint density at radius 1 is 1.36 bits per heavy atom. The van der Waals surface area contributed by atoms with Crippen LogP contribution in [0, 0.1) is 0 Å². The number of amides is 1. The van der Waals surface area contributed by atoms with Crippen molar-refractivity contribution >= 4 is 5.91 Å². The van der Waals surface area contributed by atoms with Gasteiger partial charge in [0, 0.05) is 5.57 Å². The molecule has 0 fully saturated rings. The molecule has 0 rings (SSSR count). The van der Waals surface area contributed by atoms with Crippen LogP contribution >= 0.6 is 0 Å². The van der Waals surface area contributed by atoms with E-state index in [1.165, 1.54) is 5.57 Å². The maximum atomic E-state index is 10.8. The predicted octanol–water partition coefficient (Wildman–Crippen LogP) is 2.72. The largest absolute Gasteiger partial charge is 0.366 e. The van der Waals surface area contributed by atoms with Gasteiger partial charge in [-0.2, -0.15) is 0 Å². The number of hydrogen-bond acceptors (Lipinski definition) is 1. The monoisotopic (exact) mass is 193 g/mol. The van der Waals surface area contributed by atoms with Gasteiger partial charge >= 0.3 is 0 Å². The number of rotatable bonds is 5. The van der Waals surface area contributed by atoms with Crippen molar-refractivity contribution in [1.29, 1.82) is 0 Å². The molecule has 0 unspecified atom stereocenters. The highest BCUT2D eigenvalue weighted by atomic mass is 16.1. The number of allylic oxidation sites excluding steroid dienone is 3. The second-order valence-corrected chi connectivity index (χ2v) is 3.46. The quantitative estimate of drug-likeness (QED) is 0.529. The summed E-state index contributed by atoms with van der Waals surface area (Å²) in [6.07, 6.45) is 6.10. The summed E-state index contributed by atoms with van der Waals surface area (Å²) in [4.78, 5) is 10.8. The van der Waals surface area contributed by atoms with Gasteiger partial charge in [0.1, 0.15) is 0 Å². The smallest absolute Gasteiger partial charge is 0.248 e. The van der Waals surface area contributed by atoms with Crippen molar-refractivity contribution in [3.63, 3.8) is 0 Å². The van der Waals surface area contributed by atoms with Crippen molar-refractivity contribution in [3.05, 3.63) is 35.5 Å². The second-order valence-electron chi connectivity index (χ2n) is 3.46. The van der Waals surface area contributed by atoms with E-state index >= 15 is 0 Å². The van der Waals surface area contributed by atoms with Crippen molar-refractivity contribution in [2.45, 2.75) is 33.6 Å². The van der Waals surface area contributed by atoms with E-state index in [9.17, 15) is 4.79 Å². The van der Waals surface area contributed by atoms with E-state index in [0.717, 1.165) is 18.4 Å². The lowest BCUT2D eigenvalue weighted by molar-refractivity contribution is -0.114. The van der Waals surface area contributed by atoms with Crippen LogP contribution in [0.15, 0.2) is 35.5 Å². The average molecular weight is 193 g/mol. The third-order valence-electron chi connectivity index (χ3n) is 2.04. The molecule has 2 N–H and O–H groups in total. The van der Waals surface area contributed by atoms with Crippen molar-refractivity contribution in [2.75, 3.05) is 0 Å². The van der Waals surface area contributed by atoms with Gasteiger partial charge in [-0.1, -0.05) is 37.6 Å². The van der Waals surface area contributed by atoms with Crippen LogP contribution in [0.1, 0.15) is 33.6 Å². The van der Waals surface area contributed by atoms with Gasteiger partial charge in [-0.05, 0) is 25.8 Å².